The third-order valence-electron chi connectivity index (χ3n) is 3.15. The zero-order chi connectivity index (χ0) is 17.3. The third kappa shape index (κ3) is 3.67. The molecule has 0 amide bonds. The summed E-state index contributed by atoms with van der Waals surface area (Å²) in [6, 6.07) is 12.8. The van der Waals surface area contributed by atoms with E-state index in [4.69, 9.17) is 34.8 Å². The number of aromatic nitrogens is 2. The minimum absolute atomic E-state index is 0.0698. The van der Waals surface area contributed by atoms with Gasteiger partial charge in [0, 0.05) is 16.1 Å². The average Bonchev–Trinajstić information content (AvgIpc) is 2.98. The second-order valence-corrected chi connectivity index (χ2v) is 7.78. The summed E-state index contributed by atoms with van der Waals surface area (Å²) in [6.07, 6.45) is 0. The van der Waals surface area contributed by atoms with Gasteiger partial charge >= 0.3 is 0 Å². The Morgan fingerprint density at radius 2 is 1.58 bits per heavy atom. The average molecular weight is 403 g/mol. The van der Waals surface area contributed by atoms with Crippen LogP contribution in [0.2, 0.25) is 15.1 Å². The highest BCUT2D eigenvalue weighted by Gasteiger charge is 2.20. The molecular formula is C15H10Cl3N3O2S. The van der Waals surface area contributed by atoms with Crippen molar-refractivity contribution in [2.75, 3.05) is 4.72 Å². The van der Waals surface area contributed by atoms with Crippen molar-refractivity contribution in [2.45, 2.75) is 4.90 Å². The molecule has 0 atom stereocenters. The molecule has 124 valence electrons. The number of hydrogen-bond donors (Lipinski definition) is 2. The Morgan fingerprint density at radius 1 is 0.917 bits per heavy atom. The monoisotopic (exact) mass is 401 g/mol. The molecule has 3 aromatic rings. The summed E-state index contributed by atoms with van der Waals surface area (Å²) in [6.45, 7) is 0. The Kier molecular flexibility index (Phi) is 4.73. The van der Waals surface area contributed by atoms with E-state index in [0.29, 0.717) is 10.7 Å². The summed E-state index contributed by atoms with van der Waals surface area (Å²) in [5, 5.41) is 7.66. The summed E-state index contributed by atoms with van der Waals surface area (Å²) >= 11 is 17.6. The summed E-state index contributed by atoms with van der Waals surface area (Å²) in [4.78, 5) is -0.118. The molecule has 0 aliphatic heterocycles. The predicted molar refractivity (Wildman–Crippen MR) is 96.3 cm³/mol. The van der Waals surface area contributed by atoms with Gasteiger partial charge in [0.2, 0.25) is 0 Å². The van der Waals surface area contributed by atoms with Gasteiger partial charge < -0.3 is 0 Å². The number of benzene rings is 2. The van der Waals surface area contributed by atoms with Crippen molar-refractivity contribution in [1.29, 1.82) is 0 Å². The van der Waals surface area contributed by atoms with Gasteiger partial charge in [-0.2, -0.15) is 5.10 Å². The van der Waals surface area contributed by atoms with Crippen molar-refractivity contribution in [3.63, 3.8) is 0 Å². The second-order valence-electron chi connectivity index (χ2n) is 4.85. The number of aromatic amines is 1. The third-order valence-corrected chi connectivity index (χ3v) is 5.48. The Labute approximate surface area is 153 Å². The highest BCUT2D eigenvalue weighted by atomic mass is 35.5. The van der Waals surface area contributed by atoms with Gasteiger partial charge in [-0.15, -0.1) is 0 Å². The van der Waals surface area contributed by atoms with Crippen LogP contribution in [0.1, 0.15) is 0 Å². The number of H-pyrrole nitrogens is 1. The number of hydrogen-bond acceptors (Lipinski definition) is 3. The minimum atomic E-state index is -3.91. The Morgan fingerprint density at radius 3 is 2.29 bits per heavy atom. The lowest BCUT2D eigenvalue weighted by atomic mass is 10.1. The molecule has 0 saturated heterocycles. The molecule has 0 unspecified atom stereocenters. The molecular weight excluding hydrogens is 393 g/mol. The van der Waals surface area contributed by atoms with Crippen LogP contribution >= 0.6 is 34.8 Å². The zero-order valence-electron chi connectivity index (χ0n) is 11.9. The smallest absolute Gasteiger partial charge is 0.264 e. The SMILES string of the molecule is O=S(=O)(Nc1cc(-c2ccc(Cl)cc2)[nH]n1)c1cc(Cl)ccc1Cl. The van der Waals surface area contributed by atoms with Gasteiger partial charge in [0.25, 0.3) is 10.0 Å². The predicted octanol–water partition coefficient (Wildman–Crippen LogP) is 4.84. The van der Waals surface area contributed by atoms with Crippen LogP contribution in [-0.2, 0) is 10.0 Å². The first kappa shape index (κ1) is 17.1. The largest absolute Gasteiger partial charge is 0.276 e. The number of anilines is 1. The molecule has 9 heteroatoms. The first-order chi connectivity index (χ1) is 11.3. The van der Waals surface area contributed by atoms with E-state index in [1.807, 2.05) is 0 Å². The summed E-state index contributed by atoms with van der Waals surface area (Å²) in [7, 11) is -3.91. The summed E-state index contributed by atoms with van der Waals surface area (Å²) in [5.74, 6) is 0.135. The van der Waals surface area contributed by atoms with E-state index >= 15 is 0 Å². The molecule has 0 fully saturated rings. The van der Waals surface area contributed by atoms with Gasteiger partial charge in [0.1, 0.15) is 4.90 Å². The maximum absolute atomic E-state index is 12.4. The lowest BCUT2D eigenvalue weighted by Crippen LogP contribution is -2.13. The van der Waals surface area contributed by atoms with E-state index in [1.54, 1.807) is 30.3 Å². The van der Waals surface area contributed by atoms with Crippen LogP contribution in [0.4, 0.5) is 5.82 Å². The number of nitrogens with one attached hydrogen (secondary N) is 2. The van der Waals surface area contributed by atoms with Crippen molar-refractivity contribution in [3.8, 4) is 11.3 Å². The van der Waals surface area contributed by atoms with Crippen LogP contribution in [0.25, 0.3) is 11.3 Å². The van der Waals surface area contributed by atoms with Crippen LogP contribution in [0.5, 0.6) is 0 Å². The molecule has 2 aromatic carbocycles. The van der Waals surface area contributed by atoms with E-state index in [2.05, 4.69) is 14.9 Å². The van der Waals surface area contributed by atoms with Crippen molar-refractivity contribution >= 4 is 50.6 Å². The van der Waals surface area contributed by atoms with Crippen molar-refractivity contribution in [2.24, 2.45) is 0 Å². The number of halogens is 3. The Hall–Kier alpha value is -1.73. The normalized spacial score (nSPS) is 11.5. The van der Waals surface area contributed by atoms with Crippen molar-refractivity contribution < 1.29 is 8.42 Å². The highest BCUT2D eigenvalue weighted by molar-refractivity contribution is 7.92. The lowest BCUT2D eigenvalue weighted by molar-refractivity contribution is 0.601. The standard InChI is InChI=1S/C15H10Cl3N3O2S/c16-10-3-1-9(2-4-10)13-8-15(20-19-13)21-24(22,23)14-7-11(17)5-6-12(14)18/h1-8H,(H2,19,20,21). The highest BCUT2D eigenvalue weighted by Crippen LogP contribution is 2.27. The first-order valence-electron chi connectivity index (χ1n) is 6.64. The topological polar surface area (TPSA) is 74.8 Å². The van der Waals surface area contributed by atoms with Gasteiger partial charge in [-0.1, -0.05) is 46.9 Å². The van der Waals surface area contributed by atoms with E-state index in [0.717, 1.165) is 5.56 Å². The van der Waals surface area contributed by atoms with Gasteiger partial charge in [-0.25, -0.2) is 8.42 Å². The molecule has 3 rings (SSSR count). The maximum atomic E-state index is 12.4. The number of rotatable bonds is 4. The van der Waals surface area contributed by atoms with E-state index in [9.17, 15) is 8.42 Å². The van der Waals surface area contributed by atoms with Gasteiger partial charge in [0.05, 0.1) is 10.7 Å². The molecule has 0 aliphatic rings. The summed E-state index contributed by atoms with van der Waals surface area (Å²) < 4.78 is 27.2. The first-order valence-corrected chi connectivity index (χ1v) is 9.26. The minimum Gasteiger partial charge on any atom is -0.276 e. The van der Waals surface area contributed by atoms with Crippen LogP contribution in [0.3, 0.4) is 0 Å². The molecule has 0 spiro atoms. The van der Waals surface area contributed by atoms with Gasteiger partial charge in [-0.05, 0) is 35.9 Å². The number of nitrogens with zero attached hydrogens (tertiary/aromatic N) is 1. The Balaban J connectivity index is 1.88. The van der Waals surface area contributed by atoms with E-state index in [-0.39, 0.29) is 20.8 Å². The molecule has 1 aromatic heterocycles. The maximum Gasteiger partial charge on any atom is 0.264 e. The van der Waals surface area contributed by atoms with Crippen LogP contribution in [0.15, 0.2) is 53.4 Å². The van der Waals surface area contributed by atoms with Gasteiger partial charge in [0.15, 0.2) is 5.82 Å². The lowest BCUT2D eigenvalue weighted by Gasteiger charge is -2.07. The summed E-state index contributed by atoms with van der Waals surface area (Å²) in [5.41, 5.74) is 1.46. The van der Waals surface area contributed by atoms with E-state index in [1.165, 1.54) is 18.2 Å². The molecule has 5 nitrogen and oxygen atoms in total. The molecule has 0 bridgehead atoms. The van der Waals surface area contributed by atoms with Gasteiger partial charge in [-0.3, -0.25) is 9.82 Å². The molecule has 24 heavy (non-hydrogen) atoms. The molecule has 0 aliphatic carbocycles. The fourth-order valence-electron chi connectivity index (χ4n) is 2.03. The fourth-order valence-corrected chi connectivity index (χ4v) is 3.91. The molecule has 0 radical (unpaired) electrons. The zero-order valence-corrected chi connectivity index (χ0v) is 15.0. The molecule has 0 saturated carbocycles. The molecule has 1 heterocycles. The van der Waals surface area contributed by atoms with Crippen LogP contribution in [-0.4, -0.2) is 18.6 Å². The molecule has 2 N–H and O–H groups in total. The number of sulfonamides is 1. The van der Waals surface area contributed by atoms with Crippen LogP contribution in [0, 0.1) is 0 Å². The Bertz CT molecular complexity index is 985. The fraction of sp³-hybridized carbons (Fsp3) is 0. The van der Waals surface area contributed by atoms with Crippen molar-refractivity contribution in [3.05, 3.63) is 63.6 Å². The van der Waals surface area contributed by atoms with Crippen molar-refractivity contribution in [1.82, 2.24) is 10.2 Å². The quantitative estimate of drug-likeness (QED) is 0.656. The second kappa shape index (κ2) is 6.64. The van der Waals surface area contributed by atoms with Crippen LogP contribution < -0.4 is 4.72 Å². The van der Waals surface area contributed by atoms with E-state index < -0.39 is 10.0 Å².